The molecule has 4 rings (SSSR count). The van der Waals surface area contributed by atoms with E-state index < -0.39 is 0 Å². The Bertz CT molecular complexity index is 899. The van der Waals surface area contributed by atoms with Crippen molar-refractivity contribution in [1.82, 2.24) is 19.9 Å². The molecule has 1 fully saturated rings. The zero-order valence-electron chi connectivity index (χ0n) is 14.1. The van der Waals surface area contributed by atoms with Crippen molar-refractivity contribution in [2.45, 2.75) is 38.6 Å². The third-order valence-electron chi connectivity index (χ3n) is 4.59. The minimum absolute atomic E-state index is 0.0413. The van der Waals surface area contributed by atoms with Gasteiger partial charge in [-0.05, 0) is 30.9 Å². The number of amides is 1. The molecule has 2 aromatic heterocycles. The van der Waals surface area contributed by atoms with Crippen LogP contribution in [0.2, 0.25) is 4.47 Å². The fraction of sp³-hybridized carbons (Fsp3) is 0.389. The van der Waals surface area contributed by atoms with Crippen molar-refractivity contribution >= 4 is 39.9 Å². The zero-order valence-corrected chi connectivity index (χ0v) is 15.7. The van der Waals surface area contributed by atoms with Crippen LogP contribution in [-0.2, 0) is 0 Å². The topological polar surface area (TPSA) is 61.9 Å². The van der Waals surface area contributed by atoms with Gasteiger partial charge in [0.1, 0.15) is 11.5 Å². The number of hydrogen-bond donors (Lipinski definition) is 1. The number of aromatic nitrogens is 3. The monoisotopic (exact) mass is 374 g/mol. The highest BCUT2D eigenvalue weighted by molar-refractivity contribution is 7.16. The summed E-state index contributed by atoms with van der Waals surface area (Å²) in [5.41, 5.74) is 2.42. The van der Waals surface area contributed by atoms with E-state index in [1.54, 1.807) is 0 Å². The molecule has 1 aliphatic rings. The predicted octanol–water partition coefficient (Wildman–Crippen LogP) is 4.77. The van der Waals surface area contributed by atoms with Gasteiger partial charge in [-0.15, -0.1) is 11.3 Å². The summed E-state index contributed by atoms with van der Waals surface area (Å²) in [6, 6.07) is 7.89. The van der Waals surface area contributed by atoms with Crippen molar-refractivity contribution in [3.8, 4) is 0 Å². The number of fused-ring (bicyclic) bond motifs is 1. The van der Waals surface area contributed by atoms with Crippen molar-refractivity contribution in [2.24, 2.45) is 0 Å². The van der Waals surface area contributed by atoms with E-state index >= 15 is 0 Å². The molecule has 1 aromatic carbocycles. The van der Waals surface area contributed by atoms with Crippen LogP contribution in [0.3, 0.4) is 0 Å². The van der Waals surface area contributed by atoms with Gasteiger partial charge in [0.15, 0.2) is 4.47 Å². The number of halogens is 1. The number of imidazole rings is 1. The summed E-state index contributed by atoms with van der Waals surface area (Å²) in [6.45, 7) is 4.83. The van der Waals surface area contributed by atoms with Crippen LogP contribution in [0, 0.1) is 0 Å². The summed E-state index contributed by atoms with van der Waals surface area (Å²) >= 11 is 7.48. The van der Waals surface area contributed by atoms with E-state index in [9.17, 15) is 4.79 Å². The molecule has 1 atom stereocenters. The van der Waals surface area contributed by atoms with Crippen molar-refractivity contribution < 1.29 is 4.79 Å². The Kier molecular flexibility index (Phi) is 4.25. The minimum atomic E-state index is -0.0465. The number of nitrogens with zero attached hydrogens (tertiary/aromatic N) is 3. The SMILES string of the molecule is CC(C)c1sc(Cl)nc1C(=O)N1CCC[C@@H]1c1nc2ccccc2[nH]1. The van der Waals surface area contributed by atoms with Crippen LogP contribution < -0.4 is 0 Å². The fourth-order valence-corrected chi connectivity index (χ4v) is 4.53. The first kappa shape index (κ1) is 16.5. The molecule has 0 unspecified atom stereocenters. The first-order chi connectivity index (χ1) is 12.0. The van der Waals surface area contributed by atoms with Gasteiger partial charge in [0.2, 0.25) is 0 Å². The van der Waals surface area contributed by atoms with Gasteiger partial charge in [0, 0.05) is 11.4 Å². The lowest BCUT2D eigenvalue weighted by molar-refractivity contribution is 0.0724. The van der Waals surface area contributed by atoms with Crippen molar-refractivity contribution in [3.05, 3.63) is 45.1 Å². The van der Waals surface area contributed by atoms with Gasteiger partial charge >= 0.3 is 0 Å². The number of thiazole rings is 1. The number of carbonyl (C=O) groups is 1. The first-order valence-corrected chi connectivity index (χ1v) is 9.66. The Balaban J connectivity index is 1.68. The Morgan fingerprint density at radius 2 is 2.16 bits per heavy atom. The number of aromatic amines is 1. The normalized spacial score (nSPS) is 17.8. The zero-order chi connectivity index (χ0) is 17.6. The Morgan fingerprint density at radius 3 is 2.92 bits per heavy atom. The number of carbonyl (C=O) groups excluding carboxylic acids is 1. The van der Waals surface area contributed by atoms with Crippen molar-refractivity contribution in [1.29, 1.82) is 0 Å². The summed E-state index contributed by atoms with van der Waals surface area (Å²) in [7, 11) is 0. The van der Waals surface area contributed by atoms with Gasteiger partial charge in [-0.1, -0.05) is 37.6 Å². The third-order valence-corrected chi connectivity index (χ3v) is 6.05. The van der Waals surface area contributed by atoms with Crippen LogP contribution in [0.1, 0.15) is 59.8 Å². The number of H-pyrrole nitrogens is 1. The highest BCUT2D eigenvalue weighted by Gasteiger charge is 2.35. The molecule has 0 spiro atoms. The van der Waals surface area contributed by atoms with E-state index in [1.165, 1.54) is 11.3 Å². The molecular formula is C18H19ClN4OS. The number of nitrogens with one attached hydrogen (secondary N) is 1. The first-order valence-electron chi connectivity index (χ1n) is 8.46. The molecule has 1 aliphatic heterocycles. The molecule has 7 heteroatoms. The molecule has 1 amide bonds. The van der Waals surface area contributed by atoms with Gasteiger partial charge in [-0.2, -0.15) is 0 Å². The van der Waals surface area contributed by atoms with Crippen LogP contribution in [0.5, 0.6) is 0 Å². The van der Waals surface area contributed by atoms with E-state index in [1.807, 2.05) is 29.2 Å². The van der Waals surface area contributed by atoms with Crippen LogP contribution in [0.25, 0.3) is 11.0 Å². The lowest BCUT2D eigenvalue weighted by Gasteiger charge is -2.23. The Morgan fingerprint density at radius 1 is 1.36 bits per heavy atom. The Labute approximate surface area is 155 Å². The van der Waals surface area contributed by atoms with Gasteiger partial charge in [0.25, 0.3) is 5.91 Å². The maximum absolute atomic E-state index is 13.2. The van der Waals surface area contributed by atoms with Crippen LogP contribution in [0.15, 0.2) is 24.3 Å². The number of benzene rings is 1. The maximum atomic E-state index is 13.2. The highest BCUT2D eigenvalue weighted by Crippen LogP contribution is 2.36. The molecule has 1 saturated heterocycles. The van der Waals surface area contributed by atoms with Crippen LogP contribution in [0.4, 0.5) is 0 Å². The lowest BCUT2D eigenvalue weighted by atomic mass is 10.1. The van der Waals surface area contributed by atoms with E-state index in [0.717, 1.165) is 34.6 Å². The number of hydrogen-bond acceptors (Lipinski definition) is 4. The molecule has 5 nitrogen and oxygen atoms in total. The molecule has 1 N–H and O–H groups in total. The quantitative estimate of drug-likeness (QED) is 0.718. The molecule has 0 aliphatic carbocycles. The van der Waals surface area contributed by atoms with E-state index in [2.05, 4.69) is 23.8 Å². The van der Waals surface area contributed by atoms with Gasteiger partial charge in [0.05, 0.1) is 17.1 Å². The number of rotatable bonds is 3. The largest absolute Gasteiger partial charge is 0.340 e. The number of likely N-dealkylation sites (tertiary alicyclic amines) is 1. The summed E-state index contributed by atoms with van der Waals surface area (Å²) in [5.74, 6) is 1.02. The van der Waals surface area contributed by atoms with Crippen molar-refractivity contribution in [2.75, 3.05) is 6.54 Å². The Hall–Kier alpha value is -1.92. The second kappa shape index (κ2) is 6.42. The second-order valence-electron chi connectivity index (χ2n) is 6.63. The fourth-order valence-electron chi connectivity index (χ4n) is 3.41. The van der Waals surface area contributed by atoms with E-state index in [0.29, 0.717) is 16.7 Å². The summed E-state index contributed by atoms with van der Waals surface area (Å²) in [4.78, 5) is 28.4. The molecule has 130 valence electrons. The average Bonchev–Trinajstić information content (AvgIpc) is 3.30. The van der Waals surface area contributed by atoms with Crippen LogP contribution >= 0.6 is 22.9 Å². The molecular weight excluding hydrogens is 356 g/mol. The molecule has 3 heterocycles. The van der Waals surface area contributed by atoms with E-state index in [4.69, 9.17) is 16.6 Å². The van der Waals surface area contributed by atoms with Gasteiger partial charge in [-0.25, -0.2) is 9.97 Å². The van der Waals surface area contributed by atoms with E-state index in [-0.39, 0.29) is 17.9 Å². The molecule has 0 bridgehead atoms. The summed E-state index contributed by atoms with van der Waals surface area (Å²) < 4.78 is 0.423. The molecule has 0 radical (unpaired) electrons. The summed E-state index contributed by atoms with van der Waals surface area (Å²) in [6.07, 6.45) is 1.86. The molecule has 0 saturated carbocycles. The smallest absolute Gasteiger partial charge is 0.274 e. The highest BCUT2D eigenvalue weighted by atomic mass is 35.5. The predicted molar refractivity (Wildman–Crippen MR) is 100 cm³/mol. The maximum Gasteiger partial charge on any atom is 0.274 e. The summed E-state index contributed by atoms with van der Waals surface area (Å²) in [5, 5.41) is 0. The minimum Gasteiger partial charge on any atom is -0.340 e. The average molecular weight is 375 g/mol. The molecule has 25 heavy (non-hydrogen) atoms. The molecule has 3 aromatic rings. The van der Waals surface area contributed by atoms with Gasteiger partial charge in [-0.3, -0.25) is 4.79 Å². The van der Waals surface area contributed by atoms with Crippen LogP contribution in [-0.4, -0.2) is 32.3 Å². The second-order valence-corrected chi connectivity index (χ2v) is 8.24. The van der Waals surface area contributed by atoms with Crippen molar-refractivity contribution in [3.63, 3.8) is 0 Å². The standard InChI is InChI=1S/C18H19ClN4OS/c1-10(2)15-14(22-18(19)25-15)17(24)23-9-5-8-13(23)16-20-11-6-3-4-7-12(11)21-16/h3-4,6-7,10,13H,5,8-9H2,1-2H3,(H,20,21)/t13-/m1/s1. The number of para-hydroxylation sites is 2. The lowest BCUT2D eigenvalue weighted by Crippen LogP contribution is -2.32. The van der Waals surface area contributed by atoms with Gasteiger partial charge < -0.3 is 9.88 Å². The third kappa shape index (κ3) is 2.93.